The van der Waals surface area contributed by atoms with E-state index in [1.165, 1.54) is 6.08 Å². The van der Waals surface area contributed by atoms with Crippen LogP contribution in [0.1, 0.15) is 11.1 Å². The van der Waals surface area contributed by atoms with Gasteiger partial charge in [0.1, 0.15) is 5.75 Å². The third-order valence-corrected chi connectivity index (χ3v) is 4.86. The lowest BCUT2D eigenvalue weighted by atomic mass is 10.2. The summed E-state index contributed by atoms with van der Waals surface area (Å²) < 4.78 is 30.2. The quantitative estimate of drug-likeness (QED) is 0.794. The zero-order valence-corrected chi connectivity index (χ0v) is 13.3. The molecule has 0 aliphatic rings. The number of hydrogen-bond acceptors (Lipinski definition) is 4. The molecule has 0 atom stereocenters. The molecule has 0 unspecified atom stereocenters. The fraction of sp³-hybridized carbons (Fsp3) is 0.118. The normalized spacial score (nSPS) is 12.0. The van der Waals surface area contributed by atoms with Crippen molar-refractivity contribution < 1.29 is 13.2 Å². The predicted molar refractivity (Wildman–Crippen MR) is 88.9 cm³/mol. The minimum Gasteiger partial charge on any atom is -0.497 e. The van der Waals surface area contributed by atoms with Gasteiger partial charge < -0.3 is 4.74 Å². The van der Waals surface area contributed by atoms with Crippen LogP contribution < -0.4 is 4.74 Å². The van der Waals surface area contributed by atoms with E-state index in [1.54, 1.807) is 55.6 Å². The first-order chi connectivity index (χ1) is 10.5. The lowest BCUT2D eigenvalue weighted by Gasteiger charge is -2.06. The topological polar surface area (TPSA) is 55.7 Å². The third kappa shape index (κ3) is 3.43. The van der Waals surface area contributed by atoms with Gasteiger partial charge in [0.2, 0.25) is 9.84 Å². The second-order valence-corrected chi connectivity index (χ2v) is 6.63. The van der Waals surface area contributed by atoms with E-state index in [9.17, 15) is 8.42 Å². The number of aliphatic imine (C=N–C) groups is 1. The Labute approximate surface area is 130 Å². The summed E-state index contributed by atoms with van der Waals surface area (Å²) in [6.07, 6.45) is 1.49. The van der Waals surface area contributed by atoms with Crippen molar-refractivity contribution in [2.75, 3.05) is 7.11 Å². The third-order valence-electron chi connectivity index (χ3n) is 3.17. The van der Waals surface area contributed by atoms with Crippen LogP contribution in [0.4, 0.5) is 0 Å². The number of ether oxygens (including phenoxy) is 1. The number of benzene rings is 2. The molecule has 2 rings (SSSR count). The second kappa shape index (κ2) is 6.58. The van der Waals surface area contributed by atoms with Crippen LogP contribution in [0.2, 0.25) is 0 Å². The van der Waals surface area contributed by atoms with E-state index < -0.39 is 9.84 Å². The number of hydrogen-bond donors (Lipinski definition) is 0. The van der Waals surface area contributed by atoms with E-state index in [0.29, 0.717) is 11.3 Å². The fourth-order valence-electron chi connectivity index (χ4n) is 1.89. The van der Waals surface area contributed by atoms with Gasteiger partial charge in [-0.2, -0.15) is 0 Å². The highest BCUT2D eigenvalue weighted by Gasteiger charge is 2.19. The number of sulfone groups is 1. The Morgan fingerprint density at radius 3 is 2.18 bits per heavy atom. The van der Waals surface area contributed by atoms with E-state index in [4.69, 9.17) is 4.74 Å². The van der Waals surface area contributed by atoms with Crippen molar-refractivity contribution in [1.82, 2.24) is 0 Å². The highest BCUT2D eigenvalue weighted by molar-refractivity contribution is 7.95. The standard InChI is InChI=1S/C17H17NO3S/c1-13-4-10-16(11-5-13)22(19,20)17(18-2)12-14-6-8-15(21-3)9-7-14/h4-12H,2H2,1,3H3/b17-12+. The molecule has 0 spiro atoms. The molecule has 0 fully saturated rings. The van der Waals surface area contributed by atoms with Crippen molar-refractivity contribution in [1.29, 1.82) is 0 Å². The number of rotatable bonds is 5. The molecule has 0 N–H and O–H groups in total. The molecule has 0 saturated heterocycles. The van der Waals surface area contributed by atoms with E-state index >= 15 is 0 Å². The Kier molecular flexibility index (Phi) is 4.78. The smallest absolute Gasteiger partial charge is 0.223 e. The highest BCUT2D eigenvalue weighted by Crippen LogP contribution is 2.23. The van der Waals surface area contributed by atoms with Crippen LogP contribution in [0.3, 0.4) is 0 Å². The summed E-state index contributed by atoms with van der Waals surface area (Å²) in [5.74, 6) is 0.701. The van der Waals surface area contributed by atoms with Crippen LogP contribution in [0.25, 0.3) is 6.08 Å². The minimum atomic E-state index is -3.68. The summed E-state index contributed by atoms with van der Waals surface area (Å²) in [7, 11) is -2.11. The molecular weight excluding hydrogens is 298 g/mol. The SMILES string of the molecule is C=N/C(=C\c1ccc(OC)cc1)S(=O)(=O)c1ccc(C)cc1. The van der Waals surface area contributed by atoms with Crippen LogP contribution in [-0.4, -0.2) is 22.2 Å². The first kappa shape index (κ1) is 16.0. The average Bonchev–Trinajstić information content (AvgIpc) is 2.53. The van der Waals surface area contributed by atoms with Crippen molar-refractivity contribution in [2.24, 2.45) is 4.99 Å². The molecule has 0 bridgehead atoms. The van der Waals surface area contributed by atoms with Crippen LogP contribution >= 0.6 is 0 Å². The number of methoxy groups -OCH3 is 1. The molecule has 114 valence electrons. The molecule has 2 aromatic rings. The average molecular weight is 315 g/mol. The molecule has 4 nitrogen and oxygen atoms in total. The Hall–Kier alpha value is -2.40. The van der Waals surface area contributed by atoms with Gasteiger partial charge in [0.15, 0.2) is 5.03 Å². The van der Waals surface area contributed by atoms with Crippen molar-refractivity contribution >= 4 is 22.6 Å². The van der Waals surface area contributed by atoms with Gasteiger partial charge in [-0.25, -0.2) is 8.42 Å². The minimum absolute atomic E-state index is 0.0819. The zero-order valence-electron chi connectivity index (χ0n) is 12.5. The lowest BCUT2D eigenvalue weighted by Crippen LogP contribution is -2.03. The maximum Gasteiger partial charge on any atom is 0.223 e. The van der Waals surface area contributed by atoms with Gasteiger partial charge in [-0.1, -0.05) is 29.8 Å². The van der Waals surface area contributed by atoms with Crippen LogP contribution in [-0.2, 0) is 9.84 Å². The molecule has 0 amide bonds. The maximum absolute atomic E-state index is 12.6. The Morgan fingerprint density at radius 1 is 1.09 bits per heavy atom. The lowest BCUT2D eigenvalue weighted by molar-refractivity contribution is 0.415. The molecule has 0 aliphatic heterocycles. The molecule has 0 saturated carbocycles. The van der Waals surface area contributed by atoms with E-state index in [-0.39, 0.29) is 9.92 Å². The van der Waals surface area contributed by atoms with Gasteiger partial charge in [0.25, 0.3) is 0 Å². The van der Waals surface area contributed by atoms with Gasteiger partial charge >= 0.3 is 0 Å². The van der Waals surface area contributed by atoms with Crippen molar-refractivity contribution in [3.8, 4) is 5.75 Å². The largest absolute Gasteiger partial charge is 0.497 e. The first-order valence-electron chi connectivity index (χ1n) is 6.61. The summed E-state index contributed by atoms with van der Waals surface area (Å²) in [4.78, 5) is 3.89. The molecule has 22 heavy (non-hydrogen) atoms. The zero-order chi connectivity index (χ0) is 16.2. The fourth-order valence-corrected chi connectivity index (χ4v) is 3.09. The second-order valence-electron chi connectivity index (χ2n) is 4.73. The summed E-state index contributed by atoms with van der Waals surface area (Å²) in [6.45, 7) is 5.28. The molecule has 0 radical (unpaired) electrons. The Morgan fingerprint density at radius 2 is 1.68 bits per heavy atom. The van der Waals surface area contributed by atoms with Crippen molar-refractivity contribution in [2.45, 2.75) is 11.8 Å². The number of aryl methyl sites for hydroxylation is 1. The van der Waals surface area contributed by atoms with Gasteiger partial charge in [0.05, 0.1) is 12.0 Å². The predicted octanol–water partition coefficient (Wildman–Crippen LogP) is 3.48. The van der Waals surface area contributed by atoms with Gasteiger partial charge in [0, 0.05) is 0 Å². The monoisotopic (exact) mass is 315 g/mol. The molecule has 2 aromatic carbocycles. The Bertz CT molecular complexity index is 789. The molecule has 0 aliphatic carbocycles. The van der Waals surface area contributed by atoms with Crippen LogP contribution in [0, 0.1) is 6.92 Å². The Balaban J connectivity index is 2.43. The number of nitrogens with zero attached hydrogens (tertiary/aromatic N) is 1. The summed E-state index contributed by atoms with van der Waals surface area (Å²) >= 11 is 0. The first-order valence-corrected chi connectivity index (χ1v) is 8.10. The summed E-state index contributed by atoms with van der Waals surface area (Å²) in [5, 5.41) is -0.0819. The molecular formula is C17H17NO3S. The van der Waals surface area contributed by atoms with Gasteiger partial charge in [-0.05, 0) is 49.5 Å². The molecule has 0 heterocycles. The van der Waals surface area contributed by atoms with E-state index in [0.717, 1.165) is 5.56 Å². The van der Waals surface area contributed by atoms with Crippen LogP contribution in [0.15, 0.2) is 63.4 Å². The van der Waals surface area contributed by atoms with Gasteiger partial charge in [-0.15, -0.1) is 0 Å². The summed E-state index contributed by atoms with van der Waals surface area (Å²) in [6, 6.07) is 13.7. The van der Waals surface area contributed by atoms with Crippen molar-refractivity contribution in [3.05, 3.63) is 64.7 Å². The molecule has 5 heteroatoms. The van der Waals surface area contributed by atoms with Crippen LogP contribution in [0.5, 0.6) is 5.75 Å². The summed E-state index contributed by atoms with van der Waals surface area (Å²) in [5.41, 5.74) is 1.70. The maximum atomic E-state index is 12.6. The van der Waals surface area contributed by atoms with E-state index in [2.05, 4.69) is 11.7 Å². The van der Waals surface area contributed by atoms with Gasteiger partial charge in [-0.3, -0.25) is 4.99 Å². The van der Waals surface area contributed by atoms with E-state index in [1.807, 2.05) is 6.92 Å². The highest BCUT2D eigenvalue weighted by atomic mass is 32.2. The van der Waals surface area contributed by atoms with Crippen molar-refractivity contribution in [3.63, 3.8) is 0 Å². The molecule has 0 aromatic heterocycles.